The summed E-state index contributed by atoms with van der Waals surface area (Å²) in [5.74, 6) is -0.375. The van der Waals surface area contributed by atoms with Gasteiger partial charge in [-0.25, -0.2) is 0 Å². The highest BCUT2D eigenvalue weighted by Gasteiger charge is 2.25. The van der Waals surface area contributed by atoms with Gasteiger partial charge in [0.25, 0.3) is 0 Å². The minimum absolute atomic E-state index is 0.0878. The first-order valence-corrected chi connectivity index (χ1v) is 9.33. The van der Waals surface area contributed by atoms with Crippen LogP contribution in [0.25, 0.3) is 0 Å². The van der Waals surface area contributed by atoms with Gasteiger partial charge in [0.05, 0.1) is 5.70 Å². The summed E-state index contributed by atoms with van der Waals surface area (Å²) >= 11 is 0. The number of carbonyl (C=O) groups excluding carboxylic acids is 4. The lowest BCUT2D eigenvalue weighted by molar-refractivity contribution is 0.0962. The van der Waals surface area contributed by atoms with E-state index in [9.17, 15) is 19.2 Å². The van der Waals surface area contributed by atoms with E-state index in [1.165, 1.54) is 18.2 Å². The third-order valence-electron chi connectivity index (χ3n) is 4.26. The number of ketones is 4. The molecule has 0 fully saturated rings. The zero-order valence-electron chi connectivity index (χ0n) is 17.4. The van der Waals surface area contributed by atoms with Crippen LogP contribution < -0.4 is 5.32 Å². The number of allylic oxidation sites excluding steroid dienone is 4. The smallest absolute Gasteiger partial charge is 0.209 e. The molecule has 2 aromatic rings. The van der Waals surface area contributed by atoms with Crippen molar-refractivity contribution < 1.29 is 19.2 Å². The molecule has 154 valence electrons. The van der Waals surface area contributed by atoms with Crippen molar-refractivity contribution in [3.05, 3.63) is 94.7 Å². The Hall–Kier alpha value is -3.64. The SMILES string of the molecule is CN(C)C1=CC(=O)c2ccccc2C1=O.CNC.O=C1C=CC(=O)c2ccccc21. The average molecular weight is 404 g/mol. The molecule has 0 aromatic heterocycles. The van der Waals surface area contributed by atoms with Gasteiger partial charge in [0.2, 0.25) is 5.78 Å². The third-order valence-corrected chi connectivity index (χ3v) is 4.26. The molecule has 0 heterocycles. The Morgan fingerprint density at radius 1 is 0.633 bits per heavy atom. The molecular formula is C24H24N2O4. The first-order valence-electron chi connectivity index (χ1n) is 9.33. The Labute approximate surface area is 175 Å². The zero-order valence-corrected chi connectivity index (χ0v) is 17.4. The van der Waals surface area contributed by atoms with Gasteiger partial charge in [-0.15, -0.1) is 0 Å². The summed E-state index contributed by atoms with van der Waals surface area (Å²) in [6.07, 6.45) is 4.01. The van der Waals surface area contributed by atoms with Crippen LogP contribution in [0.15, 0.2) is 72.5 Å². The average Bonchev–Trinajstić information content (AvgIpc) is 2.74. The first-order chi connectivity index (χ1) is 14.3. The van der Waals surface area contributed by atoms with Crippen molar-refractivity contribution >= 4 is 23.1 Å². The Kier molecular flexibility index (Phi) is 7.72. The first kappa shape index (κ1) is 22.6. The Bertz CT molecular complexity index is 1010. The Morgan fingerprint density at radius 3 is 1.40 bits per heavy atom. The van der Waals surface area contributed by atoms with E-state index in [-0.39, 0.29) is 23.1 Å². The number of rotatable bonds is 1. The molecule has 6 nitrogen and oxygen atoms in total. The van der Waals surface area contributed by atoms with Gasteiger partial charge in [-0.2, -0.15) is 0 Å². The van der Waals surface area contributed by atoms with Gasteiger partial charge >= 0.3 is 0 Å². The molecular weight excluding hydrogens is 380 g/mol. The molecule has 0 amide bonds. The number of nitrogens with zero attached hydrogens (tertiary/aromatic N) is 1. The van der Waals surface area contributed by atoms with Gasteiger partial charge < -0.3 is 10.2 Å². The topological polar surface area (TPSA) is 83.6 Å². The normalized spacial score (nSPS) is 13.8. The van der Waals surface area contributed by atoms with Gasteiger partial charge in [-0.1, -0.05) is 48.5 Å². The molecule has 0 radical (unpaired) electrons. The molecule has 0 atom stereocenters. The molecule has 0 unspecified atom stereocenters. The molecule has 2 aliphatic carbocycles. The second kappa shape index (κ2) is 10.2. The fourth-order valence-corrected chi connectivity index (χ4v) is 2.88. The van der Waals surface area contributed by atoms with E-state index < -0.39 is 0 Å². The van der Waals surface area contributed by atoms with Crippen LogP contribution in [-0.4, -0.2) is 56.2 Å². The Balaban J connectivity index is 0.000000193. The van der Waals surface area contributed by atoms with Crippen LogP contribution >= 0.6 is 0 Å². The molecule has 30 heavy (non-hydrogen) atoms. The van der Waals surface area contributed by atoms with E-state index >= 15 is 0 Å². The summed E-state index contributed by atoms with van der Waals surface area (Å²) in [5.41, 5.74) is 2.44. The van der Waals surface area contributed by atoms with Crippen LogP contribution in [0.2, 0.25) is 0 Å². The number of fused-ring (bicyclic) bond motifs is 2. The van der Waals surface area contributed by atoms with Crippen molar-refractivity contribution in [3.63, 3.8) is 0 Å². The highest BCUT2D eigenvalue weighted by atomic mass is 16.1. The number of hydrogen-bond donors (Lipinski definition) is 1. The fraction of sp³-hybridized carbons (Fsp3) is 0.167. The van der Waals surface area contributed by atoms with Crippen molar-refractivity contribution in [2.24, 2.45) is 0 Å². The second-order valence-corrected chi connectivity index (χ2v) is 6.77. The highest BCUT2D eigenvalue weighted by molar-refractivity contribution is 6.24. The molecule has 0 bridgehead atoms. The van der Waals surface area contributed by atoms with Crippen LogP contribution in [0, 0.1) is 0 Å². The summed E-state index contributed by atoms with van der Waals surface area (Å²) in [7, 11) is 7.26. The second-order valence-electron chi connectivity index (χ2n) is 6.77. The monoisotopic (exact) mass is 404 g/mol. The molecule has 1 N–H and O–H groups in total. The zero-order chi connectivity index (χ0) is 22.3. The number of likely N-dealkylation sites (N-methyl/N-ethyl adjacent to an activating group) is 1. The molecule has 6 heteroatoms. The quantitative estimate of drug-likeness (QED) is 0.787. The summed E-state index contributed by atoms with van der Waals surface area (Å²) in [4.78, 5) is 47.7. The van der Waals surface area contributed by atoms with E-state index in [0.29, 0.717) is 28.0 Å². The van der Waals surface area contributed by atoms with Gasteiger partial charge in [-0.3, -0.25) is 19.2 Å². The number of benzene rings is 2. The summed E-state index contributed by atoms with van der Waals surface area (Å²) in [5, 5.41) is 2.75. The van der Waals surface area contributed by atoms with Gasteiger partial charge in [0, 0.05) is 42.4 Å². The lowest BCUT2D eigenvalue weighted by atomic mass is 9.92. The Morgan fingerprint density at radius 2 is 1.00 bits per heavy atom. The number of Topliss-reactive ketones (excluding diaryl/α,β-unsaturated/α-hetero) is 1. The van der Waals surface area contributed by atoms with Crippen molar-refractivity contribution in [1.82, 2.24) is 10.2 Å². The van der Waals surface area contributed by atoms with Gasteiger partial charge in [-0.05, 0) is 26.2 Å². The van der Waals surface area contributed by atoms with Gasteiger partial charge in [0.1, 0.15) is 0 Å². The van der Waals surface area contributed by atoms with Crippen LogP contribution in [-0.2, 0) is 0 Å². The maximum Gasteiger partial charge on any atom is 0.209 e. The summed E-state index contributed by atoms with van der Waals surface area (Å²) in [6, 6.07) is 13.7. The van der Waals surface area contributed by atoms with Crippen molar-refractivity contribution in [3.8, 4) is 0 Å². The lowest BCUT2D eigenvalue weighted by Gasteiger charge is -2.20. The summed E-state index contributed by atoms with van der Waals surface area (Å²) < 4.78 is 0. The van der Waals surface area contributed by atoms with Crippen molar-refractivity contribution in [2.45, 2.75) is 0 Å². The maximum atomic E-state index is 11.9. The van der Waals surface area contributed by atoms with Crippen molar-refractivity contribution in [1.29, 1.82) is 0 Å². The predicted octanol–water partition coefficient (Wildman–Crippen LogP) is 2.97. The summed E-state index contributed by atoms with van der Waals surface area (Å²) in [6.45, 7) is 0. The molecule has 2 aliphatic rings. The minimum atomic E-state index is -0.103. The minimum Gasteiger partial charge on any atom is -0.374 e. The lowest BCUT2D eigenvalue weighted by Crippen LogP contribution is -2.25. The van der Waals surface area contributed by atoms with Crippen LogP contribution in [0.3, 0.4) is 0 Å². The molecule has 0 spiro atoms. The molecule has 0 saturated carbocycles. The van der Waals surface area contributed by atoms with E-state index in [4.69, 9.17) is 0 Å². The standard InChI is InChI=1S/C12H11NO2.C10H6O2.C2H7N/c1-13(2)10-7-11(14)8-5-3-4-6-9(8)12(10)15;11-9-5-6-10(12)8-4-2-1-3-7(8)9;1-3-2/h3-7H,1-2H3;1-6H;3H,1-2H3. The van der Waals surface area contributed by atoms with Gasteiger partial charge in [0.15, 0.2) is 17.3 Å². The number of hydrogen-bond acceptors (Lipinski definition) is 6. The van der Waals surface area contributed by atoms with Crippen LogP contribution in [0.5, 0.6) is 0 Å². The third kappa shape index (κ3) is 5.04. The van der Waals surface area contributed by atoms with Crippen LogP contribution in [0.4, 0.5) is 0 Å². The highest BCUT2D eigenvalue weighted by Crippen LogP contribution is 2.21. The number of carbonyl (C=O) groups is 4. The number of nitrogens with one attached hydrogen (secondary N) is 1. The predicted molar refractivity (Wildman–Crippen MR) is 116 cm³/mol. The van der Waals surface area contributed by atoms with E-state index in [0.717, 1.165) is 0 Å². The molecule has 4 rings (SSSR count). The largest absolute Gasteiger partial charge is 0.374 e. The van der Waals surface area contributed by atoms with Crippen LogP contribution in [0.1, 0.15) is 41.4 Å². The molecule has 2 aromatic carbocycles. The van der Waals surface area contributed by atoms with E-state index in [1.54, 1.807) is 67.5 Å². The van der Waals surface area contributed by atoms with E-state index in [1.807, 2.05) is 14.1 Å². The van der Waals surface area contributed by atoms with Crippen molar-refractivity contribution in [2.75, 3.05) is 28.2 Å². The fourth-order valence-electron chi connectivity index (χ4n) is 2.88. The molecule has 0 saturated heterocycles. The maximum absolute atomic E-state index is 11.9. The molecule has 0 aliphatic heterocycles. The van der Waals surface area contributed by atoms with E-state index in [2.05, 4.69) is 5.32 Å².